The van der Waals surface area contributed by atoms with Crippen molar-refractivity contribution in [1.29, 1.82) is 0 Å². The van der Waals surface area contributed by atoms with Crippen LogP contribution in [0.5, 0.6) is 0 Å². The van der Waals surface area contributed by atoms with Crippen molar-refractivity contribution >= 4 is 11.8 Å². The van der Waals surface area contributed by atoms with Crippen LogP contribution in [0.2, 0.25) is 0 Å². The van der Waals surface area contributed by atoms with Gasteiger partial charge in [0.2, 0.25) is 11.8 Å². The topological polar surface area (TPSA) is 78.9 Å². The molecule has 122 valence electrons. The van der Waals surface area contributed by atoms with Crippen molar-refractivity contribution in [2.45, 2.75) is 58.3 Å². The molecule has 1 aliphatic heterocycles. The number of hydrogen-bond donors (Lipinski definition) is 2. The van der Waals surface area contributed by atoms with Gasteiger partial charge in [-0.25, -0.2) is 0 Å². The van der Waals surface area contributed by atoms with Crippen LogP contribution in [0, 0.1) is 5.92 Å². The molecular formula is C15H28N2O4. The molecule has 1 aliphatic rings. The fourth-order valence-corrected chi connectivity index (χ4v) is 2.45. The highest BCUT2D eigenvalue weighted by Gasteiger charge is 2.31. The highest BCUT2D eigenvalue weighted by atomic mass is 16.5. The van der Waals surface area contributed by atoms with E-state index in [1.165, 1.54) is 7.05 Å². The quantitative estimate of drug-likeness (QED) is 0.640. The van der Waals surface area contributed by atoms with Gasteiger partial charge in [0.15, 0.2) is 0 Å². The summed E-state index contributed by atoms with van der Waals surface area (Å²) >= 11 is 0. The van der Waals surface area contributed by atoms with E-state index in [4.69, 9.17) is 4.74 Å². The van der Waals surface area contributed by atoms with Crippen molar-refractivity contribution in [2.24, 2.45) is 5.92 Å². The van der Waals surface area contributed by atoms with Crippen LogP contribution in [0.25, 0.3) is 0 Å². The summed E-state index contributed by atoms with van der Waals surface area (Å²) in [5, 5.41) is 12.9. The number of aliphatic hydroxyl groups excluding tert-OH is 1. The summed E-state index contributed by atoms with van der Waals surface area (Å²) in [6.07, 6.45) is 1.25. The van der Waals surface area contributed by atoms with E-state index in [-0.39, 0.29) is 31.1 Å². The molecule has 2 amide bonds. The summed E-state index contributed by atoms with van der Waals surface area (Å²) in [5.74, 6) is 0.181. The number of aliphatic hydroxyl groups is 1. The first-order valence-electron chi connectivity index (χ1n) is 7.64. The molecule has 0 radical (unpaired) electrons. The maximum atomic E-state index is 11.9. The number of nitrogens with zero attached hydrogens (tertiary/aromatic N) is 1. The molecule has 0 aliphatic carbocycles. The third-order valence-electron chi connectivity index (χ3n) is 3.63. The number of ether oxygens (including phenoxy) is 1. The number of amides is 2. The van der Waals surface area contributed by atoms with Crippen LogP contribution in [0.3, 0.4) is 0 Å². The standard InChI is InChI=1S/C15H28N2O4/c1-10(2)7-11(3)21-9-12(18)8-16-13-5-6-14(19)17(4)15(13)20/h10-13,16,18H,5-9H2,1-4H3. The van der Waals surface area contributed by atoms with E-state index in [1.807, 2.05) is 6.92 Å². The SMILES string of the molecule is CC(C)CC(C)OCC(O)CNC1CCC(=O)N(C)C1=O. The molecule has 6 nitrogen and oxygen atoms in total. The van der Waals surface area contributed by atoms with Gasteiger partial charge in [-0.1, -0.05) is 13.8 Å². The van der Waals surface area contributed by atoms with Gasteiger partial charge in [-0.05, 0) is 25.7 Å². The fourth-order valence-electron chi connectivity index (χ4n) is 2.45. The molecule has 0 aromatic rings. The zero-order valence-corrected chi connectivity index (χ0v) is 13.5. The van der Waals surface area contributed by atoms with Crippen LogP contribution in [-0.4, -0.2) is 60.3 Å². The van der Waals surface area contributed by atoms with Crippen molar-refractivity contribution in [1.82, 2.24) is 10.2 Å². The molecule has 3 unspecified atom stereocenters. The second-order valence-corrected chi connectivity index (χ2v) is 6.22. The maximum Gasteiger partial charge on any atom is 0.246 e. The largest absolute Gasteiger partial charge is 0.389 e. The summed E-state index contributed by atoms with van der Waals surface area (Å²) in [6.45, 7) is 6.78. The molecule has 0 saturated carbocycles. The van der Waals surface area contributed by atoms with E-state index in [0.717, 1.165) is 11.3 Å². The molecule has 0 aromatic carbocycles. The van der Waals surface area contributed by atoms with E-state index < -0.39 is 12.1 Å². The minimum absolute atomic E-state index is 0.111. The molecule has 1 saturated heterocycles. The number of rotatable bonds is 8. The number of carbonyl (C=O) groups excluding carboxylic acids is 2. The molecule has 0 bridgehead atoms. The second kappa shape index (κ2) is 8.46. The highest BCUT2D eigenvalue weighted by Crippen LogP contribution is 2.11. The predicted molar refractivity (Wildman–Crippen MR) is 79.7 cm³/mol. The van der Waals surface area contributed by atoms with Gasteiger partial charge in [0.05, 0.1) is 24.9 Å². The maximum absolute atomic E-state index is 11.9. The third kappa shape index (κ3) is 6.11. The number of likely N-dealkylation sites (N-methyl/N-ethyl adjacent to an activating group) is 1. The van der Waals surface area contributed by atoms with Gasteiger partial charge in [0, 0.05) is 20.0 Å². The molecule has 6 heteroatoms. The Morgan fingerprint density at radius 2 is 2.05 bits per heavy atom. The Kier molecular flexibility index (Phi) is 7.28. The Bertz CT molecular complexity index is 360. The molecule has 0 aromatic heterocycles. The summed E-state index contributed by atoms with van der Waals surface area (Å²) < 4.78 is 5.58. The second-order valence-electron chi connectivity index (χ2n) is 6.22. The minimum atomic E-state index is -0.657. The monoisotopic (exact) mass is 300 g/mol. The van der Waals surface area contributed by atoms with Gasteiger partial charge < -0.3 is 15.2 Å². The number of likely N-dealkylation sites (tertiary alicyclic amines) is 1. The number of nitrogens with one attached hydrogen (secondary N) is 1. The van der Waals surface area contributed by atoms with Crippen molar-refractivity contribution in [3.05, 3.63) is 0 Å². The number of carbonyl (C=O) groups is 2. The molecular weight excluding hydrogens is 272 g/mol. The predicted octanol–water partition coefficient (Wildman–Crippen LogP) is 0.535. The number of piperidine rings is 1. The molecule has 1 rings (SSSR count). The van der Waals surface area contributed by atoms with Crippen LogP contribution in [-0.2, 0) is 14.3 Å². The summed E-state index contributed by atoms with van der Waals surface area (Å²) in [7, 11) is 1.49. The number of imide groups is 1. The molecule has 1 heterocycles. The van der Waals surface area contributed by atoms with Crippen LogP contribution in [0.1, 0.15) is 40.0 Å². The first-order valence-corrected chi connectivity index (χ1v) is 7.64. The summed E-state index contributed by atoms with van der Waals surface area (Å²) in [6, 6.07) is -0.393. The van der Waals surface area contributed by atoms with Gasteiger partial charge in [0.1, 0.15) is 0 Å². The van der Waals surface area contributed by atoms with Crippen molar-refractivity contribution < 1.29 is 19.4 Å². The van der Waals surface area contributed by atoms with Gasteiger partial charge in [-0.15, -0.1) is 0 Å². The van der Waals surface area contributed by atoms with E-state index in [0.29, 0.717) is 18.8 Å². The summed E-state index contributed by atoms with van der Waals surface area (Å²) in [4.78, 5) is 24.4. The van der Waals surface area contributed by atoms with Crippen molar-refractivity contribution in [3.8, 4) is 0 Å². The fraction of sp³-hybridized carbons (Fsp3) is 0.867. The zero-order chi connectivity index (χ0) is 16.0. The van der Waals surface area contributed by atoms with Gasteiger partial charge in [0.25, 0.3) is 0 Å². The highest BCUT2D eigenvalue weighted by molar-refractivity contribution is 6.00. The van der Waals surface area contributed by atoms with Crippen LogP contribution >= 0.6 is 0 Å². The number of hydrogen-bond acceptors (Lipinski definition) is 5. The van der Waals surface area contributed by atoms with Crippen LogP contribution in [0.15, 0.2) is 0 Å². The lowest BCUT2D eigenvalue weighted by Gasteiger charge is -2.29. The Morgan fingerprint density at radius 1 is 1.38 bits per heavy atom. The minimum Gasteiger partial charge on any atom is -0.389 e. The van der Waals surface area contributed by atoms with E-state index in [2.05, 4.69) is 19.2 Å². The van der Waals surface area contributed by atoms with Gasteiger partial charge in [-0.2, -0.15) is 0 Å². The van der Waals surface area contributed by atoms with Crippen LogP contribution < -0.4 is 5.32 Å². The van der Waals surface area contributed by atoms with Crippen molar-refractivity contribution in [3.63, 3.8) is 0 Å². The average Bonchev–Trinajstić information content (AvgIpc) is 2.41. The third-order valence-corrected chi connectivity index (χ3v) is 3.63. The molecule has 0 spiro atoms. The lowest BCUT2D eigenvalue weighted by Crippen LogP contribution is -2.53. The Hall–Kier alpha value is -0.980. The molecule has 21 heavy (non-hydrogen) atoms. The molecule has 1 fully saturated rings. The van der Waals surface area contributed by atoms with Gasteiger partial charge >= 0.3 is 0 Å². The normalized spacial score (nSPS) is 22.8. The van der Waals surface area contributed by atoms with Gasteiger partial charge in [-0.3, -0.25) is 14.5 Å². The first-order chi connectivity index (χ1) is 9.81. The Balaban J connectivity index is 2.25. The van der Waals surface area contributed by atoms with E-state index in [1.54, 1.807) is 0 Å². The Labute approximate surface area is 126 Å². The van der Waals surface area contributed by atoms with E-state index in [9.17, 15) is 14.7 Å². The summed E-state index contributed by atoms with van der Waals surface area (Å²) in [5.41, 5.74) is 0. The lowest BCUT2D eigenvalue weighted by molar-refractivity contribution is -0.148. The first kappa shape index (κ1) is 18.1. The van der Waals surface area contributed by atoms with E-state index >= 15 is 0 Å². The average molecular weight is 300 g/mol. The Morgan fingerprint density at radius 3 is 2.67 bits per heavy atom. The lowest BCUT2D eigenvalue weighted by atomic mass is 10.0. The molecule has 3 atom stereocenters. The smallest absolute Gasteiger partial charge is 0.246 e. The van der Waals surface area contributed by atoms with Crippen molar-refractivity contribution in [2.75, 3.05) is 20.2 Å². The zero-order valence-electron chi connectivity index (χ0n) is 13.5. The van der Waals surface area contributed by atoms with Crippen LogP contribution in [0.4, 0.5) is 0 Å². The molecule has 2 N–H and O–H groups in total.